The average molecular weight is 1840 g/mol. The van der Waals surface area contributed by atoms with E-state index >= 15 is 0 Å². The molecule has 33 nitrogen and oxygen atoms in total. The SMILES string of the molecule is CCCNC(=O)C(=O)[C@@H]1CCCCCCCCC[C@H](N)C(=O)N2C[C@H]3[C@@H]([C@H]2C(=O)N1)C3(C)C.CCCNC(=O)C(=O)[C@@H]1CCCCCCCCC[C@H](NC(=O)N[C@H](CN(C)S(=O)(=O)c2cccs2)C(C)(C)C)C(=O)N2C[C@H]3[C@@H]([C@H]2C(=O)N1)C3(C)C.CCCNC(=O)C(=O)[C@@H]1CCCCCCCCC[C@H](NC(=O)OC(C)(C)C)C(=O)N2C[C@H]3[C@@H]([C@H]2C(=O)N1)C3(C)C.O=CO. The van der Waals surface area contributed by atoms with Crippen LogP contribution in [0.25, 0.3) is 0 Å². The van der Waals surface area contributed by atoms with Crippen molar-refractivity contribution < 1.29 is 90.2 Å². The van der Waals surface area contributed by atoms with E-state index in [4.69, 9.17) is 20.4 Å². The van der Waals surface area contributed by atoms with Crippen molar-refractivity contribution >= 4 is 110 Å². The Morgan fingerprint density at radius 1 is 0.523 bits per heavy atom. The van der Waals surface area contributed by atoms with Crippen LogP contribution in [0.4, 0.5) is 9.59 Å². The second-order valence-corrected chi connectivity index (χ2v) is 43.8. The van der Waals surface area contributed by atoms with E-state index in [0.29, 0.717) is 103 Å². The first-order chi connectivity index (χ1) is 60.3. The standard InChI is InChI=1S/C37H60N6O7S2.C30H50N4O6.C25H42N4O4.CH2O2/c1-8-20-38-33(46)31(44)25-17-14-12-10-9-11-13-15-18-26(34(47)43-22-24-29(37(24,5)6)30(43)32(45)39-25)40-35(48)41-27(36(2,3)4)23-42(7)52(49,50)28-19-16-21-51-28;1-7-17-31-26(37)24(35)20-15-13-11-9-8-10-12-14-16-21(33-28(39)40-29(2,3)4)27(38)34-18-19-22(30(19,5)6)23(34)25(36)32-20;1-4-14-27-23(32)21(30)18-13-11-9-7-5-6-8-10-12-17(26)24(33)29-15-16-19(25(16,2)3)20(29)22(31)28-18;2-1-3/h16,19,21,24-27,29-30H,8-15,17-18,20,22-23H2,1-7H3,(H,38,46)(H,39,45)(H2,40,41,48);19-23H,7-18H2,1-6H3,(H,31,37)(H,32,36)(H,33,39);16-20H,4-15,26H2,1-3H3,(H,27,32)(H,28,31);1H,(H,2,3)/t24-,25-,26-,27+,29-,30-;19-,20-,21-,22-,23-;16-,17-,18-,19-,20-;/m000./s1. The van der Waals surface area contributed by atoms with Gasteiger partial charge in [-0.05, 0) is 147 Å². The number of urea groups is 1. The molecule has 0 unspecified atom stereocenters. The fourth-order valence-corrected chi connectivity index (χ4v) is 22.1. The number of piperidine rings is 3. The summed E-state index contributed by atoms with van der Waals surface area (Å²) >= 11 is 1.13. The van der Waals surface area contributed by atoms with E-state index in [9.17, 15) is 75.5 Å². The molecular formula is C93H154N14O19S2. The molecule has 0 spiro atoms. The van der Waals surface area contributed by atoms with Crippen molar-refractivity contribution in [3.63, 3.8) is 0 Å². The summed E-state index contributed by atoms with van der Waals surface area (Å²) in [6.45, 7) is 31.5. The van der Waals surface area contributed by atoms with E-state index in [2.05, 4.69) is 89.4 Å². The minimum atomic E-state index is -3.76. The lowest BCUT2D eigenvalue weighted by Crippen LogP contribution is -2.60. The van der Waals surface area contributed by atoms with Crippen LogP contribution in [0, 0.1) is 57.2 Å². The predicted molar refractivity (Wildman–Crippen MR) is 487 cm³/mol. The summed E-state index contributed by atoms with van der Waals surface area (Å²) in [6, 6.07) is -5.36. The molecular weight excluding hydrogens is 1680 g/mol. The van der Waals surface area contributed by atoms with E-state index in [-0.39, 0.29) is 92.6 Å². The first-order valence-electron chi connectivity index (χ1n) is 47.5. The topological polar surface area (TPSA) is 467 Å². The van der Waals surface area contributed by atoms with Gasteiger partial charge in [0.15, 0.2) is 0 Å². The van der Waals surface area contributed by atoms with E-state index < -0.39 is 140 Å². The summed E-state index contributed by atoms with van der Waals surface area (Å²) in [6.07, 6.45) is 23.3. The van der Waals surface area contributed by atoms with E-state index in [0.717, 1.165) is 140 Å². The number of ether oxygens (including phenoxy) is 1. The van der Waals surface area contributed by atoms with Gasteiger partial charge in [0.05, 0.1) is 24.2 Å². The van der Waals surface area contributed by atoms with Crippen LogP contribution in [-0.2, 0) is 77.1 Å². The van der Waals surface area contributed by atoms with Crippen molar-refractivity contribution in [2.75, 3.05) is 52.9 Å². The molecule has 1 aromatic heterocycles. The van der Waals surface area contributed by atoms with Crippen LogP contribution in [0.2, 0.25) is 0 Å². The molecule has 3 saturated carbocycles. The van der Waals surface area contributed by atoms with E-state index in [1.165, 1.54) is 11.4 Å². The number of nitrogens with zero attached hydrogens (tertiary/aromatic N) is 4. The number of ketones is 3. The Labute approximate surface area is 763 Å². The van der Waals surface area contributed by atoms with Crippen LogP contribution in [0.15, 0.2) is 21.7 Å². The van der Waals surface area contributed by atoms with Gasteiger partial charge >= 0.3 is 12.1 Å². The number of hydrogen-bond acceptors (Lipinski definition) is 20. The first kappa shape index (κ1) is 107. The molecule has 12 N–H and O–H groups in total. The van der Waals surface area contributed by atoms with Gasteiger partial charge in [0.25, 0.3) is 34.2 Å². The van der Waals surface area contributed by atoms with Gasteiger partial charge in [-0.3, -0.25) is 62.3 Å². The number of Topliss-reactive ketones (excluding diaryl/α,β-unsaturated/α-hetero) is 3. The number of nitrogens with two attached hydrogens (primary N) is 1. The number of carbonyl (C=O) groups excluding carboxylic acids is 14. The molecule has 722 valence electrons. The molecule has 9 aliphatic rings. The van der Waals surface area contributed by atoms with Crippen molar-refractivity contribution in [3.05, 3.63) is 17.5 Å². The third-order valence-electron chi connectivity index (χ3n) is 27.8. The van der Waals surface area contributed by atoms with Crippen molar-refractivity contribution in [2.24, 2.45) is 62.9 Å². The van der Waals surface area contributed by atoms with Crippen LogP contribution in [0.1, 0.15) is 296 Å². The number of fused-ring (bicyclic) bond motifs is 9. The molecule has 9 fully saturated rings. The Morgan fingerprint density at radius 3 is 1.15 bits per heavy atom. The van der Waals surface area contributed by atoms with Crippen molar-refractivity contribution in [3.8, 4) is 0 Å². The summed E-state index contributed by atoms with van der Waals surface area (Å²) < 4.78 is 33.3. The normalized spacial score (nSPS) is 28.5. The number of sulfonamides is 1. The summed E-state index contributed by atoms with van der Waals surface area (Å²) in [5.41, 5.74) is 4.67. The average Bonchev–Trinajstić information content (AvgIpc) is 1.54. The summed E-state index contributed by atoms with van der Waals surface area (Å²) in [4.78, 5) is 199. The molecule has 12 amide bonds. The van der Waals surface area contributed by atoms with Gasteiger partial charge in [-0.15, -0.1) is 11.3 Å². The third-order valence-corrected chi connectivity index (χ3v) is 31.0. The lowest BCUT2D eigenvalue weighted by Gasteiger charge is -2.36. The molecule has 0 bridgehead atoms. The number of nitrogens with one attached hydrogen (secondary N) is 9. The Morgan fingerprint density at radius 2 is 0.836 bits per heavy atom. The number of likely N-dealkylation sites (N-methyl/N-ethyl adjacent to an activating group) is 1. The van der Waals surface area contributed by atoms with Crippen molar-refractivity contribution in [1.82, 2.24) is 66.9 Å². The highest BCUT2D eigenvalue weighted by Crippen LogP contribution is 2.67. The van der Waals surface area contributed by atoms with Crippen molar-refractivity contribution in [2.45, 2.75) is 367 Å². The summed E-state index contributed by atoms with van der Waals surface area (Å²) in [5, 5.41) is 33.8. The van der Waals surface area contributed by atoms with Gasteiger partial charge < -0.3 is 78.1 Å². The highest BCUT2D eigenvalue weighted by atomic mass is 32.2. The maximum absolute atomic E-state index is 14.4. The molecule has 0 radical (unpaired) electrons. The number of carboxylic acid groups (broad SMARTS) is 1. The van der Waals surface area contributed by atoms with Gasteiger partial charge in [-0.1, -0.05) is 224 Å². The number of thiophene rings is 1. The number of carbonyl (C=O) groups is 15. The molecule has 0 aromatic carbocycles. The lowest BCUT2D eigenvalue weighted by atomic mass is 9.86. The van der Waals surface area contributed by atoms with Gasteiger partial charge in [0.2, 0.25) is 52.8 Å². The molecule has 1 aromatic rings. The Bertz CT molecular complexity index is 4090. The smallest absolute Gasteiger partial charge is 0.408 e. The molecule has 3 aliphatic carbocycles. The zero-order valence-electron chi connectivity index (χ0n) is 79.2. The second kappa shape index (κ2) is 48.3. The van der Waals surface area contributed by atoms with Crippen molar-refractivity contribution in [1.29, 1.82) is 0 Å². The predicted octanol–water partition coefficient (Wildman–Crippen LogP) is 9.11. The first-order valence-corrected chi connectivity index (χ1v) is 49.8. The fourth-order valence-electron chi connectivity index (χ4n) is 19.7. The Balaban J connectivity index is 0.000000266. The van der Waals surface area contributed by atoms with Gasteiger partial charge in [-0.25, -0.2) is 18.0 Å². The number of amides is 12. The monoisotopic (exact) mass is 1840 g/mol. The highest BCUT2D eigenvalue weighted by molar-refractivity contribution is 7.91. The van der Waals surface area contributed by atoms with E-state index in [1.54, 1.807) is 53.0 Å². The maximum atomic E-state index is 14.4. The maximum Gasteiger partial charge on any atom is 0.408 e. The van der Waals surface area contributed by atoms with Gasteiger partial charge in [0, 0.05) is 58.9 Å². The van der Waals surface area contributed by atoms with E-state index in [1.807, 2.05) is 41.5 Å². The molecule has 6 saturated heterocycles. The molecule has 6 aliphatic heterocycles. The zero-order chi connectivity index (χ0) is 95.0. The summed E-state index contributed by atoms with van der Waals surface area (Å²) in [5.74, 6) is -5.64. The van der Waals surface area contributed by atoms with Crippen LogP contribution >= 0.6 is 11.3 Å². The van der Waals surface area contributed by atoms with Crippen LogP contribution in [0.3, 0.4) is 0 Å². The Hall–Kier alpha value is -8.18. The van der Waals surface area contributed by atoms with Crippen LogP contribution < -0.4 is 53.6 Å². The molecule has 16 atom stereocenters. The highest BCUT2D eigenvalue weighted by Gasteiger charge is 2.72. The zero-order valence-corrected chi connectivity index (χ0v) is 80.8. The van der Waals surface area contributed by atoms with Gasteiger partial charge in [-0.2, -0.15) is 4.31 Å². The molecule has 7 heterocycles. The molecule has 10 rings (SSSR count). The van der Waals surface area contributed by atoms with Crippen LogP contribution in [-0.4, -0.2) is 241 Å². The van der Waals surface area contributed by atoms with Gasteiger partial charge in [0.1, 0.15) is 40.0 Å². The molecule has 35 heteroatoms. The fraction of sp³-hybridized carbons (Fsp3) is 0.796. The lowest BCUT2D eigenvalue weighted by molar-refractivity contribution is -0.144. The minimum Gasteiger partial charge on any atom is -0.483 e. The largest absolute Gasteiger partial charge is 0.483 e. The summed E-state index contributed by atoms with van der Waals surface area (Å²) in [7, 11) is -2.28. The Kier molecular flexibility index (Phi) is 40.3. The molecule has 128 heavy (non-hydrogen) atoms. The number of hydrogen-bond donors (Lipinski definition) is 11. The minimum absolute atomic E-state index is 0.0128. The quantitative estimate of drug-likeness (QED) is 0.0454. The third kappa shape index (κ3) is 28.9. The van der Waals surface area contributed by atoms with Crippen LogP contribution in [0.5, 0.6) is 0 Å². The second-order valence-electron chi connectivity index (χ2n) is 40.6. The number of alkyl carbamates (subject to hydrolysis) is 1. The number of rotatable bonds is 19.